The fourth-order valence-electron chi connectivity index (χ4n) is 4.83. The Labute approximate surface area is 169 Å². The van der Waals surface area contributed by atoms with Crippen LogP contribution in [0.4, 0.5) is 13.2 Å². The number of aliphatic hydroxyl groups is 1. The van der Waals surface area contributed by atoms with Crippen LogP contribution < -0.4 is 4.74 Å². The summed E-state index contributed by atoms with van der Waals surface area (Å²) >= 11 is 0. The Morgan fingerprint density at radius 3 is 2.48 bits per heavy atom. The van der Waals surface area contributed by atoms with Crippen LogP contribution in [0, 0.1) is 5.41 Å². The first-order valence-corrected chi connectivity index (χ1v) is 10.2. The Morgan fingerprint density at radius 2 is 1.76 bits per heavy atom. The molecule has 1 aliphatic heterocycles. The van der Waals surface area contributed by atoms with Gasteiger partial charge in [0.05, 0.1) is 11.7 Å². The molecule has 0 aromatic heterocycles. The summed E-state index contributed by atoms with van der Waals surface area (Å²) in [7, 11) is 0. The lowest BCUT2D eigenvalue weighted by Gasteiger charge is -2.42. The Kier molecular flexibility index (Phi) is 5.58. The monoisotopic (exact) mass is 405 g/mol. The highest BCUT2D eigenvalue weighted by atomic mass is 19.4. The number of ether oxygens (including phenoxy) is 1. The van der Waals surface area contributed by atoms with E-state index in [1.165, 1.54) is 12.1 Å². The van der Waals surface area contributed by atoms with Gasteiger partial charge in [0.15, 0.2) is 0 Å². The van der Waals surface area contributed by atoms with E-state index in [0.717, 1.165) is 69.4 Å². The number of hydrogen-bond acceptors (Lipinski definition) is 3. The minimum atomic E-state index is -4.39. The number of piperidine rings is 1. The zero-order valence-electron chi connectivity index (χ0n) is 16.3. The second-order valence-electron chi connectivity index (χ2n) is 8.36. The van der Waals surface area contributed by atoms with E-state index in [1.54, 1.807) is 6.07 Å². The summed E-state index contributed by atoms with van der Waals surface area (Å²) in [6.45, 7) is 2.63. The zero-order chi connectivity index (χ0) is 20.5. The van der Waals surface area contributed by atoms with E-state index in [9.17, 15) is 18.3 Å². The summed E-state index contributed by atoms with van der Waals surface area (Å²) in [5.41, 5.74) is 0.364. The zero-order valence-corrected chi connectivity index (χ0v) is 16.3. The van der Waals surface area contributed by atoms with Gasteiger partial charge in [-0.15, -0.1) is 0 Å². The molecule has 1 heterocycles. The average molecular weight is 405 g/mol. The summed E-state index contributed by atoms with van der Waals surface area (Å²) in [4.78, 5) is 2.38. The number of alkyl halides is 3. The van der Waals surface area contributed by atoms with E-state index in [1.807, 2.05) is 18.2 Å². The molecule has 2 fully saturated rings. The second-order valence-corrected chi connectivity index (χ2v) is 8.36. The van der Waals surface area contributed by atoms with Crippen LogP contribution in [0.1, 0.15) is 43.2 Å². The van der Waals surface area contributed by atoms with Crippen molar-refractivity contribution in [3.8, 4) is 11.5 Å². The first kappa shape index (κ1) is 20.2. The van der Waals surface area contributed by atoms with Gasteiger partial charge in [-0.25, -0.2) is 0 Å². The van der Waals surface area contributed by atoms with Crippen molar-refractivity contribution in [2.24, 2.45) is 5.41 Å². The van der Waals surface area contributed by atoms with Gasteiger partial charge in [-0.05, 0) is 68.1 Å². The predicted molar refractivity (Wildman–Crippen MR) is 105 cm³/mol. The smallest absolute Gasteiger partial charge is 0.416 e. The fourth-order valence-corrected chi connectivity index (χ4v) is 4.83. The van der Waals surface area contributed by atoms with Gasteiger partial charge in [-0.3, -0.25) is 4.90 Å². The maximum absolute atomic E-state index is 12.9. The Hall–Kier alpha value is -2.05. The van der Waals surface area contributed by atoms with Gasteiger partial charge in [-0.2, -0.15) is 13.2 Å². The van der Waals surface area contributed by atoms with Crippen LogP contribution in [-0.2, 0) is 12.7 Å². The third kappa shape index (κ3) is 4.59. The van der Waals surface area contributed by atoms with Crippen LogP contribution in [-0.4, -0.2) is 29.2 Å². The Morgan fingerprint density at radius 1 is 1.03 bits per heavy atom. The molecule has 29 heavy (non-hydrogen) atoms. The van der Waals surface area contributed by atoms with E-state index >= 15 is 0 Å². The molecule has 156 valence electrons. The SMILES string of the molecule is O[C@@H]1CCC[C@@]12CCCN(Cc1cccc(Oc3cccc(C(F)(F)F)c3)c1)C2. The van der Waals surface area contributed by atoms with Crippen molar-refractivity contribution >= 4 is 0 Å². The molecular formula is C23H26F3NO2. The molecule has 0 bridgehead atoms. The molecule has 1 aliphatic carbocycles. The Balaban J connectivity index is 1.44. The van der Waals surface area contributed by atoms with Gasteiger partial charge in [0.2, 0.25) is 0 Å². The predicted octanol–water partition coefficient (Wildman–Crippen LogP) is 5.62. The summed E-state index contributed by atoms with van der Waals surface area (Å²) in [6.07, 6.45) is 0.644. The van der Waals surface area contributed by atoms with Crippen molar-refractivity contribution in [1.29, 1.82) is 0 Å². The van der Waals surface area contributed by atoms with E-state index in [2.05, 4.69) is 4.90 Å². The number of benzene rings is 2. The van der Waals surface area contributed by atoms with Gasteiger partial charge in [-0.1, -0.05) is 24.6 Å². The van der Waals surface area contributed by atoms with Crippen LogP contribution >= 0.6 is 0 Å². The molecule has 0 unspecified atom stereocenters. The van der Waals surface area contributed by atoms with E-state index < -0.39 is 11.7 Å². The van der Waals surface area contributed by atoms with Crippen molar-refractivity contribution in [1.82, 2.24) is 4.90 Å². The minimum absolute atomic E-state index is 0.0321. The highest BCUT2D eigenvalue weighted by Crippen LogP contribution is 2.45. The molecule has 2 aliphatic rings. The third-order valence-electron chi connectivity index (χ3n) is 6.25. The van der Waals surface area contributed by atoms with Gasteiger partial charge in [0.25, 0.3) is 0 Å². The van der Waals surface area contributed by atoms with E-state index in [-0.39, 0.29) is 17.3 Å². The van der Waals surface area contributed by atoms with E-state index in [4.69, 9.17) is 4.74 Å². The standard InChI is InChI=1S/C23H26F3NO2/c24-23(25,26)18-6-2-8-20(14-18)29-19-7-1-5-17(13-19)15-27-12-4-11-22(16-27)10-3-9-21(22)28/h1-2,5-8,13-14,21,28H,3-4,9-12,15-16H2/t21-,22+/m1/s1. The lowest BCUT2D eigenvalue weighted by molar-refractivity contribution is -0.137. The summed E-state index contributed by atoms with van der Waals surface area (Å²) in [6, 6.07) is 12.4. The van der Waals surface area contributed by atoms with E-state index in [0.29, 0.717) is 5.75 Å². The number of nitrogens with zero attached hydrogens (tertiary/aromatic N) is 1. The van der Waals surface area contributed by atoms with Crippen LogP contribution in [0.5, 0.6) is 11.5 Å². The first-order valence-electron chi connectivity index (χ1n) is 10.2. The molecule has 1 saturated carbocycles. The molecule has 6 heteroatoms. The number of hydrogen-bond donors (Lipinski definition) is 1. The molecule has 3 nitrogen and oxygen atoms in total. The van der Waals surface area contributed by atoms with Crippen LogP contribution in [0.15, 0.2) is 48.5 Å². The van der Waals surface area contributed by atoms with Crippen molar-refractivity contribution in [3.05, 3.63) is 59.7 Å². The van der Waals surface area contributed by atoms with Gasteiger partial charge < -0.3 is 9.84 Å². The molecule has 4 rings (SSSR count). The molecule has 1 spiro atoms. The molecular weight excluding hydrogens is 379 g/mol. The van der Waals surface area contributed by atoms with Crippen molar-refractivity contribution in [3.63, 3.8) is 0 Å². The average Bonchev–Trinajstić information content (AvgIpc) is 3.01. The number of rotatable bonds is 4. The molecule has 2 aromatic rings. The molecule has 1 N–H and O–H groups in total. The molecule has 0 radical (unpaired) electrons. The van der Waals surface area contributed by atoms with Crippen molar-refractivity contribution in [2.75, 3.05) is 13.1 Å². The highest BCUT2D eigenvalue weighted by Gasteiger charge is 2.44. The fraction of sp³-hybridized carbons (Fsp3) is 0.478. The van der Waals surface area contributed by atoms with Crippen LogP contribution in [0.25, 0.3) is 0 Å². The topological polar surface area (TPSA) is 32.7 Å². The molecule has 2 atom stereocenters. The number of aliphatic hydroxyl groups excluding tert-OH is 1. The molecule has 0 amide bonds. The minimum Gasteiger partial charge on any atom is -0.457 e. The largest absolute Gasteiger partial charge is 0.457 e. The maximum Gasteiger partial charge on any atom is 0.416 e. The Bertz CT molecular complexity index is 854. The third-order valence-corrected chi connectivity index (χ3v) is 6.25. The first-order chi connectivity index (χ1) is 13.8. The van der Waals surface area contributed by atoms with Gasteiger partial charge in [0, 0.05) is 18.5 Å². The quantitative estimate of drug-likeness (QED) is 0.716. The number of halogens is 3. The normalized spacial score (nSPS) is 25.4. The van der Waals surface area contributed by atoms with Crippen LogP contribution in [0.2, 0.25) is 0 Å². The lowest BCUT2D eigenvalue weighted by Crippen LogP contribution is -2.46. The second kappa shape index (κ2) is 8.00. The van der Waals surface area contributed by atoms with Crippen molar-refractivity contribution < 1.29 is 23.0 Å². The van der Waals surface area contributed by atoms with Gasteiger partial charge >= 0.3 is 6.18 Å². The lowest BCUT2D eigenvalue weighted by atomic mass is 9.76. The summed E-state index contributed by atoms with van der Waals surface area (Å²) < 4.78 is 44.4. The van der Waals surface area contributed by atoms with Gasteiger partial charge in [0.1, 0.15) is 11.5 Å². The summed E-state index contributed by atoms with van der Waals surface area (Å²) in [5, 5.41) is 10.4. The van der Waals surface area contributed by atoms with Crippen molar-refractivity contribution in [2.45, 2.75) is 50.9 Å². The summed E-state index contributed by atoms with van der Waals surface area (Å²) in [5.74, 6) is 0.692. The van der Waals surface area contributed by atoms with Crippen LogP contribution in [0.3, 0.4) is 0 Å². The number of likely N-dealkylation sites (tertiary alicyclic amines) is 1. The molecule has 2 aromatic carbocycles. The highest BCUT2D eigenvalue weighted by molar-refractivity contribution is 5.36. The molecule has 1 saturated heterocycles. The maximum atomic E-state index is 12.9.